The predicted octanol–water partition coefficient (Wildman–Crippen LogP) is 3.29. The second-order valence-electron chi connectivity index (χ2n) is 3.70. The van der Waals surface area contributed by atoms with Crippen LogP contribution in [0.2, 0.25) is 0 Å². The zero-order valence-corrected chi connectivity index (χ0v) is 11.6. The summed E-state index contributed by atoms with van der Waals surface area (Å²) in [6.07, 6.45) is 2.91. The van der Waals surface area contributed by atoms with Gasteiger partial charge in [-0.05, 0) is 34.1 Å². The Morgan fingerprint density at radius 3 is 2.84 bits per heavy atom. The van der Waals surface area contributed by atoms with Gasteiger partial charge in [-0.3, -0.25) is 4.98 Å². The molecule has 0 aliphatic heterocycles. The Hall–Kier alpha value is -2.08. The van der Waals surface area contributed by atoms with Crippen molar-refractivity contribution in [3.05, 3.63) is 46.7 Å². The van der Waals surface area contributed by atoms with Crippen LogP contribution in [0.25, 0.3) is 0 Å². The number of rotatable bonds is 4. The Kier molecular flexibility index (Phi) is 4.01. The number of pyridine rings is 1. The van der Waals surface area contributed by atoms with Crippen LogP contribution >= 0.6 is 15.9 Å². The van der Waals surface area contributed by atoms with Crippen LogP contribution < -0.4 is 10.1 Å². The fraction of sp³-hybridized carbons (Fsp3) is 0.0769. The molecule has 19 heavy (non-hydrogen) atoms. The Bertz CT molecular complexity index is 617. The average Bonchev–Trinajstić information content (AvgIpc) is 2.41. The summed E-state index contributed by atoms with van der Waals surface area (Å²) < 4.78 is 5.93. The summed E-state index contributed by atoms with van der Waals surface area (Å²) >= 11 is 3.39. The Morgan fingerprint density at radius 1 is 1.37 bits per heavy atom. The third-order valence-corrected chi connectivity index (χ3v) is 3.19. The first-order valence-electron chi connectivity index (χ1n) is 5.39. The molecular weight excluding hydrogens is 312 g/mol. The number of halogens is 1. The summed E-state index contributed by atoms with van der Waals surface area (Å²) in [6.45, 7) is 0. The van der Waals surface area contributed by atoms with Crippen LogP contribution in [0.4, 0.5) is 11.4 Å². The number of nitrogens with one attached hydrogen (secondary N) is 1. The van der Waals surface area contributed by atoms with Crippen molar-refractivity contribution in [2.24, 2.45) is 0 Å². The second-order valence-corrected chi connectivity index (χ2v) is 4.55. The highest BCUT2D eigenvalue weighted by Crippen LogP contribution is 2.30. The van der Waals surface area contributed by atoms with Crippen LogP contribution in [0, 0.1) is 0 Å². The number of benzene rings is 1. The number of carboxylic acid groups (broad SMARTS) is 1. The number of anilines is 2. The number of nitrogens with zero attached hydrogens (tertiary/aromatic N) is 1. The molecule has 0 fully saturated rings. The summed E-state index contributed by atoms with van der Waals surface area (Å²) in [5, 5.41) is 12.1. The van der Waals surface area contributed by atoms with E-state index in [0.29, 0.717) is 17.1 Å². The van der Waals surface area contributed by atoms with E-state index in [2.05, 4.69) is 26.2 Å². The molecule has 0 aliphatic rings. The highest BCUT2D eigenvalue weighted by Gasteiger charge is 2.11. The quantitative estimate of drug-likeness (QED) is 0.903. The van der Waals surface area contributed by atoms with E-state index in [9.17, 15) is 4.79 Å². The zero-order valence-electron chi connectivity index (χ0n) is 10.1. The highest BCUT2D eigenvalue weighted by molar-refractivity contribution is 9.10. The molecule has 0 spiro atoms. The first-order chi connectivity index (χ1) is 9.11. The van der Waals surface area contributed by atoms with Gasteiger partial charge in [-0.15, -0.1) is 0 Å². The maximum absolute atomic E-state index is 11.1. The summed E-state index contributed by atoms with van der Waals surface area (Å²) in [6, 6.07) is 6.83. The first-order valence-corrected chi connectivity index (χ1v) is 6.19. The maximum Gasteiger partial charge on any atom is 0.337 e. The molecule has 0 bridgehead atoms. The lowest BCUT2D eigenvalue weighted by Gasteiger charge is -2.11. The van der Waals surface area contributed by atoms with E-state index in [0.717, 1.165) is 4.47 Å². The number of carbonyl (C=O) groups is 1. The maximum atomic E-state index is 11.1. The van der Waals surface area contributed by atoms with Crippen molar-refractivity contribution in [1.29, 1.82) is 0 Å². The fourth-order valence-corrected chi connectivity index (χ4v) is 1.90. The topological polar surface area (TPSA) is 71.5 Å². The summed E-state index contributed by atoms with van der Waals surface area (Å²) in [4.78, 5) is 15.0. The number of hydrogen-bond acceptors (Lipinski definition) is 4. The van der Waals surface area contributed by atoms with Crippen molar-refractivity contribution in [1.82, 2.24) is 4.98 Å². The van der Waals surface area contributed by atoms with E-state index in [1.807, 2.05) is 6.07 Å². The lowest BCUT2D eigenvalue weighted by atomic mass is 10.2. The van der Waals surface area contributed by atoms with Gasteiger partial charge in [-0.1, -0.05) is 0 Å². The van der Waals surface area contributed by atoms with Crippen molar-refractivity contribution >= 4 is 33.3 Å². The van der Waals surface area contributed by atoms with Gasteiger partial charge in [0.25, 0.3) is 0 Å². The fourth-order valence-electron chi connectivity index (χ4n) is 1.55. The summed E-state index contributed by atoms with van der Waals surface area (Å²) in [5.41, 5.74) is 1.28. The van der Waals surface area contributed by atoms with Crippen LogP contribution in [0.1, 0.15) is 10.4 Å². The van der Waals surface area contributed by atoms with Crippen LogP contribution in [0.5, 0.6) is 5.75 Å². The molecule has 0 aliphatic carbocycles. The molecule has 5 nitrogen and oxygen atoms in total. The highest BCUT2D eigenvalue weighted by atomic mass is 79.9. The molecule has 2 aromatic rings. The summed E-state index contributed by atoms with van der Waals surface area (Å²) in [5.74, 6) is -0.338. The van der Waals surface area contributed by atoms with Gasteiger partial charge in [0.15, 0.2) is 0 Å². The molecule has 1 aromatic carbocycles. The molecule has 6 heteroatoms. The number of ether oxygens (including phenoxy) is 1. The number of hydrogen-bond donors (Lipinski definition) is 2. The number of aromatic nitrogens is 1. The normalized spacial score (nSPS) is 10.0. The average molecular weight is 323 g/mol. The minimum atomic E-state index is -1.01. The van der Waals surface area contributed by atoms with Crippen molar-refractivity contribution in [2.45, 2.75) is 0 Å². The van der Waals surface area contributed by atoms with Crippen LogP contribution in [0.3, 0.4) is 0 Å². The minimum Gasteiger partial charge on any atom is -0.497 e. The van der Waals surface area contributed by atoms with E-state index in [1.54, 1.807) is 19.2 Å². The number of aromatic carboxylic acids is 1. The number of carboxylic acids is 1. The zero-order chi connectivity index (χ0) is 13.8. The van der Waals surface area contributed by atoms with Crippen LogP contribution in [-0.2, 0) is 0 Å². The predicted molar refractivity (Wildman–Crippen MR) is 75.2 cm³/mol. The SMILES string of the molecule is COc1ccc(Br)c(Nc2cnccc2C(=O)O)c1. The molecule has 0 unspecified atom stereocenters. The van der Waals surface area contributed by atoms with Crippen molar-refractivity contribution < 1.29 is 14.6 Å². The second kappa shape index (κ2) is 5.71. The van der Waals surface area contributed by atoms with Gasteiger partial charge < -0.3 is 15.2 Å². The van der Waals surface area contributed by atoms with E-state index >= 15 is 0 Å². The van der Waals surface area contributed by atoms with E-state index in [-0.39, 0.29) is 5.56 Å². The van der Waals surface area contributed by atoms with Gasteiger partial charge in [-0.2, -0.15) is 0 Å². The van der Waals surface area contributed by atoms with Gasteiger partial charge in [-0.25, -0.2) is 4.79 Å². The Morgan fingerprint density at radius 2 is 2.16 bits per heavy atom. The Labute approximate surface area is 118 Å². The molecule has 0 atom stereocenters. The first kappa shape index (κ1) is 13.4. The minimum absolute atomic E-state index is 0.157. The third-order valence-electron chi connectivity index (χ3n) is 2.49. The van der Waals surface area contributed by atoms with Gasteiger partial charge in [0, 0.05) is 16.7 Å². The molecule has 1 aromatic heterocycles. The van der Waals surface area contributed by atoms with Gasteiger partial charge in [0.2, 0.25) is 0 Å². The number of methoxy groups -OCH3 is 1. The van der Waals surface area contributed by atoms with Crippen molar-refractivity contribution in [2.75, 3.05) is 12.4 Å². The molecule has 0 radical (unpaired) electrons. The van der Waals surface area contributed by atoms with Crippen LogP contribution in [-0.4, -0.2) is 23.2 Å². The molecule has 98 valence electrons. The molecule has 2 rings (SSSR count). The van der Waals surface area contributed by atoms with E-state index < -0.39 is 5.97 Å². The van der Waals surface area contributed by atoms with Gasteiger partial charge in [0.05, 0.1) is 30.2 Å². The van der Waals surface area contributed by atoms with Gasteiger partial charge >= 0.3 is 5.97 Å². The molecule has 0 amide bonds. The van der Waals surface area contributed by atoms with Crippen molar-refractivity contribution in [3.8, 4) is 5.75 Å². The van der Waals surface area contributed by atoms with Gasteiger partial charge in [0.1, 0.15) is 5.75 Å². The largest absolute Gasteiger partial charge is 0.497 e. The van der Waals surface area contributed by atoms with Crippen LogP contribution in [0.15, 0.2) is 41.1 Å². The molecule has 2 N–H and O–H groups in total. The third kappa shape index (κ3) is 3.03. The monoisotopic (exact) mass is 322 g/mol. The van der Waals surface area contributed by atoms with Crippen molar-refractivity contribution in [3.63, 3.8) is 0 Å². The molecule has 1 heterocycles. The molecular formula is C13H11BrN2O3. The summed E-state index contributed by atoms with van der Waals surface area (Å²) in [7, 11) is 1.57. The smallest absolute Gasteiger partial charge is 0.337 e. The molecule has 0 saturated carbocycles. The molecule has 0 saturated heterocycles. The van der Waals surface area contributed by atoms with E-state index in [4.69, 9.17) is 9.84 Å². The standard InChI is InChI=1S/C13H11BrN2O3/c1-19-8-2-3-10(14)11(6-8)16-12-7-15-5-4-9(12)13(17)18/h2-7,16H,1H3,(H,17,18). The Balaban J connectivity index is 2.38. The van der Waals surface area contributed by atoms with E-state index in [1.165, 1.54) is 18.5 Å². The lowest BCUT2D eigenvalue weighted by molar-refractivity contribution is 0.0698. The lowest BCUT2D eigenvalue weighted by Crippen LogP contribution is -2.03.